The fourth-order valence-corrected chi connectivity index (χ4v) is 1.71. The van der Waals surface area contributed by atoms with Crippen molar-refractivity contribution in [3.05, 3.63) is 0 Å². The summed E-state index contributed by atoms with van der Waals surface area (Å²) < 4.78 is 0. The minimum Gasteiger partial charge on any atom is -0.368 e. The molecular weight excluding hydrogens is 154 g/mol. The lowest BCUT2D eigenvalue weighted by Gasteiger charge is -2.20. The highest BCUT2D eigenvalue weighted by atomic mass is 16.1. The van der Waals surface area contributed by atoms with Gasteiger partial charge in [-0.1, -0.05) is 0 Å². The van der Waals surface area contributed by atoms with E-state index in [2.05, 4.69) is 4.90 Å². The highest BCUT2D eigenvalue weighted by Gasteiger charge is 2.27. The molecule has 0 aromatic heterocycles. The topological polar surface area (TPSA) is 72.3 Å². The second-order valence-corrected chi connectivity index (χ2v) is 3.24. The van der Waals surface area contributed by atoms with Gasteiger partial charge in [-0.05, 0) is 32.4 Å². The molecule has 0 bridgehead atoms. The zero-order valence-electron chi connectivity index (χ0n) is 7.33. The van der Waals surface area contributed by atoms with Crippen LogP contribution < -0.4 is 11.5 Å². The van der Waals surface area contributed by atoms with Crippen LogP contribution in [0.1, 0.15) is 19.3 Å². The number of nitrogens with zero attached hydrogens (tertiary/aromatic N) is 1. The lowest BCUT2D eigenvalue weighted by molar-refractivity contribution is -0.122. The van der Waals surface area contributed by atoms with Crippen LogP contribution in [0.2, 0.25) is 0 Å². The van der Waals surface area contributed by atoms with Crippen molar-refractivity contribution in [2.24, 2.45) is 11.5 Å². The van der Waals surface area contributed by atoms with Crippen LogP contribution in [0.4, 0.5) is 0 Å². The molecule has 1 atom stereocenters. The minimum atomic E-state index is -0.190. The molecule has 0 saturated carbocycles. The SMILES string of the molecule is NCCCN1CCC[C@@H]1C(N)=O. The van der Waals surface area contributed by atoms with Crippen molar-refractivity contribution in [1.29, 1.82) is 0 Å². The van der Waals surface area contributed by atoms with Gasteiger partial charge in [-0.15, -0.1) is 0 Å². The summed E-state index contributed by atoms with van der Waals surface area (Å²) in [6, 6.07) is -0.0310. The van der Waals surface area contributed by atoms with Gasteiger partial charge < -0.3 is 11.5 Å². The molecule has 4 heteroatoms. The van der Waals surface area contributed by atoms with E-state index in [0.29, 0.717) is 6.54 Å². The molecule has 1 rings (SSSR count). The van der Waals surface area contributed by atoms with Gasteiger partial charge in [0, 0.05) is 6.54 Å². The van der Waals surface area contributed by atoms with Crippen LogP contribution in [0.25, 0.3) is 0 Å². The number of likely N-dealkylation sites (tertiary alicyclic amines) is 1. The van der Waals surface area contributed by atoms with Crippen molar-refractivity contribution < 1.29 is 4.79 Å². The van der Waals surface area contributed by atoms with E-state index in [1.807, 2.05) is 0 Å². The third-order valence-electron chi connectivity index (χ3n) is 2.34. The Morgan fingerprint density at radius 1 is 1.58 bits per heavy atom. The third kappa shape index (κ3) is 2.19. The normalized spacial score (nSPS) is 24.6. The van der Waals surface area contributed by atoms with Crippen LogP contribution in [0.15, 0.2) is 0 Å². The van der Waals surface area contributed by atoms with Gasteiger partial charge in [-0.3, -0.25) is 9.69 Å². The van der Waals surface area contributed by atoms with Crippen LogP contribution in [-0.2, 0) is 4.79 Å². The predicted molar refractivity (Wildman–Crippen MR) is 47.5 cm³/mol. The first-order valence-electron chi connectivity index (χ1n) is 4.49. The molecule has 1 aliphatic heterocycles. The Kier molecular flexibility index (Phi) is 3.49. The molecule has 1 saturated heterocycles. The minimum absolute atomic E-state index is 0.0310. The molecule has 1 fully saturated rings. The van der Waals surface area contributed by atoms with E-state index >= 15 is 0 Å². The zero-order chi connectivity index (χ0) is 8.97. The Labute approximate surface area is 72.9 Å². The highest BCUT2D eigenvalue weighted by Crippen LogP contribution is 2.16. The van der Waals surface area contributed by atoms with Gasteiger partial charge in [0.1, 0.15) is 0 Å². The van der Waals surface area contributed by atoms with Crippen molar-refractivity contribution in [3.63, 3.8) is 0 Å². The molecule has 0 aromatic carbocycles. The summed E-state index contributed by atoms with van der Waals surface area (Å²) in [5.74, 6) is -0.190. The van der Waals surface area contributed by atoms with Gasteiger partial charge in [0.2, 0.25) is 5.91 Å². The first-order valence-corrected chi connectivity index (χ1v) is 4.49. The van der Waals surface area contributed by atoms with Crippen molar-refractivity contribution in [1.82, 2.24) is 4.90 Å². The average molecular weight is 171 g/mol. The summed E-state index contributed by atoms with van der Waals surface area (Å²) in [7, 11) is 0. The van der Waals surface area contributed by atoms with Gasteiger partial charge in [-0.25, -0.2) is 0 Å². The van der Waals surface area contributed by atoms with Gasteiger partial charge in [-0.2, -0.15) is 0 Å². The summed E-state index contributed by atoms with van der Waals surface area (Å²) in [6.45, 7) is 2.58. The molecule has 1 amide bonds. The Hall–Kier alpha value is -0.610. The summed E-state index contributed by atoms with van der Waals surface area (Å²) >= 11 is 0. The molecule has 1 aliphatic rings. The largest absolute Gasteiger partial charge is 0.368 e. The molecule has 12 heavy (non-hydrogen) atoms. The molecule has 1 heterocycles. The first-order chi connectivity index (χ1) is 5.75. The van der Waals surface area contributed by atoms with Gasteiger partial charge in [0.15, 0.2) is 0 Å². The fourth-order valence-electron chi connectivity index (χ4n) is 1.71. The van der Waals surface area contributed by atoms with E-state index in [1.165, 1.54) is 0 Å². The van der Waals surface area contributed by atoms with Crippen LogP contribution in [0.5, 0.6) is 0 Å². The Morgan fingerprint density at radius 2 is 2.33 bits per heavy atom. The quantitative estimate of drug-likeness (QED) is 0.586. The van der Waals surface area contributed by atoms with Gasteiger partial charge >= 0.3 is 0 Å². The van der Waals surface area contributed by atoms with E-state index in [0.717, 1.165) is 32.4 Å². The lowest BCUT2D eigenvalue weighted by atomic mass is 10.2. The third-order valence-corrected chi connectivity index (χ3v) is 2.34. The molecule has 0 unspecified atom stereocenters. The maximum absolute atomic E-state index is 10.9. The summed E-state index contributed by atoms with van der Waals surface area (Å²) in [5.41, 5.74) is 10.6. The Morgan fingerprint density at radius 3 is 2.92 bits per heavy atom. The summed E-state index contributed by atoms with van der Waals surface area (Å²) in [4.78, 5) is 13.1. The summed E-state index contributed by atoms with van der Waals surface area (Å²) in [6.07, 6.45) is 2.95. The zero-order valence-corrected chi connectivity index (χ0v) is 7.33. The number of hydrogen-bond donors (Lipinski definition) is 2. The van der Waals surface area contributed by atoms with Crippen LogP contribution in [0.3, 0.4) is 0 Å². The fraction of sp³-hybridized carbons (Fsp3) is 0.875. The predicted octanol–water partition coefficient (Wildman–Crippen LogP) is -0.715. The standard InChI is InChI=1S/C8H17N3O/c9-4-2-6-11-5-1-3-7(11)8(10)12/h7H,1-6,9H2,(H2,10,12)/t7-/m1/s1. The van der Waals surface area contributed by atoms with Crippen LogP contribution in [0, 0.1) is 0 Å². The molecule has 4 N–H and O–H groups in total. The molecule has 0 aromatic rings. The maximum Gasteiger partial charge on any atom is 0.234 e. The van der Waals surface area contributed by atoms with Gasteiger partial charge in [0.25, 0.3) is 0 Å². The van der Waals surface area contributed by atoms with Crippen molar-refractivity contribution >= 4 is 5.91 Å². The van der Waals surface area contributed by atoms with Crippen molar-refractivity contribution in [2.45, 2.75) is 25.3 Å². The van der Waals surface area contributed by atoms with E-state index in [-0.39, 0.29) is 11.9 Å². The number of carbonyl (C=O) groups is 1. The smallest absolute Gasteiger partial charge is 0.234 e. The van der Waals surface area contributed by atoms with Crippen molar-refractivity contribution in [2.75, 3.05) is 19.6 Å². The van der Waals surface area contributed by atoms with Crippen molar-refractivity contribution in [3.8, 4) is 0 Å². The molecular formula is C8H17N3O. The number of carbonyl (C=O) groups excluding carboxylic acids is 1. The number of primary amides is 1. The van der Waals surface area contributed by atoms with E-state index in [1.54, 1.807) is 0 Å². The highest BCUT2D eigenvalue weighted by molar-refractivity contribution is 5.80. The number of amides is 1. The molecule has 0 spiro atoms. The first kappa shape index (κ1) is 9.48. The molecule has 0 radical (unpaired) electrons. The van der Waals surface area contributed by atoms with E-state index in [4.69, 9.17) is 11.5 Å². The number of nitrogens with two attached hydrogens (primary N) is 2. The second kappa shape index (κ2) is 4.42. The monoisotopic (exact) mass is 171 g/mol. The maximum atomic E-state index is 10.9. The second-order valence-electron chi connectivity index (χ2n) is 3.24. The van der Waals surface area contributed by atoms with Crippen LogP contribution in [-0.4, -0.2) is 36.5 Å². The van der Waals surface area contributed by atoms with Crippen LogP contribution >= 0.6 is 0 Å². The molecule has 70 valence electrons. The average Bonchev–Trinajstić information content (AvgIpc) is 2.48. The summed E-state index contributed by atoms with van der Waals surface area (Å²) in [5, 5.41) is 0. The molecule has 0 aliphatic carbocycles. The molecule has 4 nitrogen and oxygen atoms in total. The van der Waals surface area contributed by atoms with E-state index in [9.17, 15) is 4.79 Å². The van der Waals surface area contributed by atoms with Gasteiger partial charge in [0.05, 0.1) is 6.04 Å². The van der Waals surface area contributed by atoms with E-state index < -0.39 is 0 Å². The Balaban J connectivity index is 2.35. The lowest BCUT2D eigenvalue weighted by Crippen LogP contribution is -2.41. The number of hydrogen-bond acceptors (Lipinski definition) is 3. The number of rotatable bonds is 4. The Bertz CT molecular complexity index is 160.